The lowest BCUT2D eigenvalue weighted by molar-refractivity contribution is 1.31. The van der Waals surface area contributed by atoms with Gasteiger partial charge in [-0.05, 0) is 11.1 Å². The number of rotatable bonds is 2. The Morgan fingerprint density at radius 2 is 2.18 bits per heavy atom. The van der Waals surface area contributed by atoms with Gasteiger partial charge in [-0.2, -0.15) is 0 Å². The van der Waals surface area contributed by atoms with Gasteiger partial charge in [0.25, 0.3) is 0 Å². The molecule has 1 aromatic rings. The van der Waals surface area contributed by atoms with Gasteiger partial charge >= 0.3 is 0 Å². The Hall–Kier alpha value is -1.48. The average Bonchev–Trinajstić information content (AvgIpc) is 2.06. The van der Waals surface area contributed by atoms with Crippen LogP contribution in [0.1, 0.15) is 11.1 Å². The zero-order valence-electron chi connectivity index (χ0n) is 6.38. The summed E-state index contributed by atoms with van der Waals surface area (Å²) in [5, 5.41) is 0. The van der Waals surface area contributed by atoms with Gasteiger partial charge < -0.3 is 0 Å². The third-order valence-corrected chi connectivity index (χ3v) is 1.57. The minimum atomic E-state index is 0.683. The topological polar surface area (TPSA) is 0 Å². The van der Waals surface area contributed by atoms with Crippen LogP contribution in [-0.4, -0.2) is 0 Å². The van der Waals surface area contributed by atoms with Gasteiger partial charge in [-0.1, -0.05) is 36.9 Å². The summed E-state index contributed by atoms with van der Waals surface area (Å²) in [5.74, 6) is 2.61. The van der Waals surface area contributed by atoms with Crippen LogP contribution in [0.25, 0.3) is 6.08 Å². The Balaban J connectivity index is 3.04. The molecule has 11 heavy (non-hydrogen) atoms. The minimum absolute atomic E-state index is 0.683. The highest BCUT2D eigenvalue weighted by Crippen LogP contribution is 2.09. The van der Waals surface area contributed by atoms with Crippen LogP contribution in [0.3, 0.4) is 0 Å². The van der Waals surface area contributed by atoms with E-state index < -0.39 is 0 Å². The van der Waals surface area contributed by atoms with E-state index in [1.807, 2.05) is 30.3 Å². The lowest BCUT2D eigenvalue weighted by Gasteiger charge is -1.99. The summed E-state index contributed by atoms with van der Waals surface area (Å²) in [6.07, 6.45) is 7.71. The molecule has 54 valence electrons. The first-order valence-corrected chi connectivity index (χ1v) is 3.52. The second-order valence-electron chi connectivity index (χ2n) is 2.28. The summed E-state index contributed by atoms with van der Waals surface area (Å²) in [5.41, 5.74) is 2.30. The summed E-state index contributed by atoms with van der Waals surface area (Å²) < 4.78 is 0. The second kappa shape index (κ2) is 3.63. The molecular weight excluding hydrogens is 132 g/mol. The van der Waals surface area contributed by atoms with Crippen molar-refractivity contribution in [2.45, 2.75) is 6.42 Å². The molecule has 0 aliphatic heterocycles. The van der Waals surface area contributed by atoms with E-state index in [1.54, 1.807) is 0 Å². The summed E-state index contributed by atoms with van der Waals surface area (Å²) in [4.78, 5) is 0. The summed E-state index contributed by atoms with van der Waals surface area (Å²) in [7, 11) is 0. The molecule has 0 unspecified atom stereocenters. The molecule has 0 heterocycles. The third-order valence-electron chi connectivity index (χ3n) is 1.57. The Morgan fingerprint density at radius 1 is 1.45 bits per heavy atom. The van der Waals surface area contributed by atoms with E-state index in [1.165, 1.54) is 5.56 Å². The molecule has 0 aliphatic carbocycles. The van der Waals surface area contributed by atoms with E-state index in [2.05, 4.69) is 12.5 Å². The zero-order chi connectivity index (χ0) is 8.10. The van der Waals surface area contributed by atoms with Crippen molar-refractivity contribution >= 4 is 6.08 Å². The van der Waals surface area contributed by atoms with Gasteiger partial charge in [-0.25, -0.2) is 0 Å². The molecule has 0 aliphatic rings. The van der Waals surface area contributed by atoms with Crippen molar-refractivity contribution in [3.05, 3.63) is 42.0 Å². The normalized spacial score (nSPS) is 8.64. The zero-order valence-corrected chi connectivity index (χ0v) is 6.38. The predicted octanol–water partition coefficient (Wildman–Crippen LogP) is 2.51. The van der Waals surface area contributed by atoms with Gasteiger partial charge in [0.1, 0.15) is 0 Å². The maximum Gasteiger partial charge on any atom is 0.0343 e. The van der Waals surface area contributed by atoms with Gasteiger partial charge in [0.15, 0.2) is 0 Å². The van der Waals surface area contributed by atoms with E-state index in [4.69, 9.17) is 6.42 Å². The summed E-state index contributed by atoms with van der Waals surface area (Å²) in [6.45, 7) is 3.71. The van der Waals surface area contributed by atoms with Crippen LogP contribution in [-0.2, 0) is 6.42 Å². The summed E-state index contributed by atoms with van der Waals surface area (Å²) in [6, 6.07) is 8.01. The van der Waals surface area contributed by atoms with E-state index >= 15 is 0 Å². The van der Waals surface area contributed by atoms with Crippen LogP contribution >= 0.6 is 0 Å². The van der Waals surface area contributed by atoms with Crippen molar-refractivity contribution in [3.8, 4) is 12.3 Å². The fourth-order valence-corrected chi connectivity index (χ4v) is 1.00. The number of hydrogen-bond acceptors (Lipinski definition) is 0. The molecule has 0 aromatic heterocycles. The molecule has 0 radical (unpaired) electrons. The molecule has 1 rings (SSSR count). The molecule has 0 amide bonds. The van der Waals surface area contributed by atoms with Crippen LogP contribution in [0.4, 0.5) is 0 Å². The summed E-state index contributed by atoms with van der Waals surface area (Å²) >= 11 is 0. The van der Waals surface area contributed by atoms with Gasteiger partial charge in [0, 0.05) is 6.42 Å². The second-order valence-corrected chi connectivity index (χ2v) is 2.28. The van der Waals surface area contributed by atoms with E-state index in [0.717, 1.165) is 5.56 Å². The van der Waals surface area contributed by atoms with Crippen LogP contribution in [0.5, 0.6) is 0 Å². The van der Waals surface area contributed by atoms with Crippen molar-refractivity contribution in [1.29, 1.82) is 0 Å². The van der Waals surface area contributed by atoms with Crippen molar-refractivity contribution in [2.75, 3.05) is 0 Å². The van der Waals surface area contributed by atoms with Crippen molar-refractivity contribution in [1.82, 2.24) is 0 Å². The third kappa shape index (κ3) is 1.72. The van der Waals surface area contributed by atoms with Crippen LogP contribution in [0, 0.1) is 12.3 Å². The molecule has 0 N–H and O–H groups in total. The highest BCUT2D eigenvalue weighted by atomic mass is 14.0. The highest BCUT2D eigenvalue weighted by molar-refractivity contribution is 5.52. The van der Waals surface area contributed by atoms with Crippen LogP contribution < -0.4 is 0 Å². The number of benzene rings is 1. The van der Waals surface area contributed by atoms with Gasteiger partial charge in [0.2, 0.25) is 0 Å². The fraction of sp³-hybridized carbons (Fsp3) is 0.0909. The maximum absolute atomic E-state index is 5.20. The highest BCUT2D eigenvalue weighted by Gasteiger charge is 1.93. The van der Waals surface area contributed by atoms with E-state index in [0.29, 0.717) is 6.42 Å². The lowest BCUT2D eigenvalue weighted by Crippen LogP contribution is -1.84. The van der Waals surface area contributed by atoms with Crippen molar-refractivity contribution in [2.24, 2.45) is 0 Å². The number of terminal acetylenes is 1. The standard InChI is InChI=1S/C11H10/c1-3-7-11-9-6-5-8-10(11)4-2/h1,4-6,8-9H,2,7H2. The Morgan fingerprint density at radius 3 is 2.82 bits per heavy atom. The fourth-order valence-electron chi connectivity index (χ4n) is 1.00. The molecule has 0 saturated heterocycles. The molecule has 0 spiro atoms. The Bertz CT molecular complexity index is 289. The van der Waals surface area contributed by atoms with Gasteiger partial charge in [-0.15, -0.1) is 12.3 Å². The molecule has 0 nitrogen and oxygen atoms in total. The largest absolute Gasteiger partial charge is 0.120 e. The van der Waals surface area contributed by atoms with Crippen LogP contribution in [0.2, 0.25) is 0 Å². The van der Waals surface area contributed by atoms with Crippen molar-refractivity contribution < 1.29 is 0 Å². The van der Waals surface area contributed by atoms with Gasteiger partial charge in [-0.3, -0.25) is 0 Å². The SMILES string of the molecule is C#CCc1ccccc1C=C. The van der Waals surface area contributed by atoms with Gasteiger partial charge in [0.05, 0.1) is 0 Å². The first-order valence-electron chi connectivity index (χ1n) is 3.52. The Labute approximate surface area is 67.6 Å². The molecule has 0 heteroatoms. The first-order chi connectivity index (χ1) is 5.38. The molecule has 0 atom stereocenters. The quantitative estimate of drug-likeness (QED) is 0.556. The van der Waals surface area contributed by atoms with E-state index in [-0.39, 0.29) is 0 Å². The molecule has 1 aromatic carbocycles. The Kier molecular flexibility index (Phi) is 2.52. The average molecular weight is 142 g/mol. The smallest absolute Gasteiger partial charge is 0.0343 e. The molecule has 0 saturated carbocycles. The maximum atomic E-state index is 5.20. The minimum Gasteiger partial charge on any atom is -0.120 e. The molecule has 0 bridgehead atoms. The molecule has 0 fully saturated rings. The van der Waals surface area contributed by atoms with E-state index in [9.17, 15) is 0 Å². The van der Waals surface area contributed by atoms with Crippen LogP contribution in [0.15, 0.2) is 30.8 Å². The molecular formula is C11H10. The first kappa shape index (κ1) is 7.63. The monoisotopic (exact) mass is 142 g/mol. The van der Waals surface area contributed by atoms with Crippen molar-refractivity contribution in [3.63, 3.8) is 0 Å². The number of hydrogen-bond donors (Lipinski definition) is 0. The lowest BCUT2D eigenvalue weighted by atomic mass is 10.1. The predicted molar refractivity (Wildman–Crippen MR) is 49.1 cm³/mol.